The summed E-state index contributed by atoms with van der Waals surface area (Å²) in [5, 5.41) is 3.08. The number of fused-ring (bicyclic) bond motifs is 2. The third kappa shape index (κ3) is 4.79. The van der Waals surface area contributed by atoms with Gasteiger partial charge in [0.15, 0.2) is 5.75 Å². The standard InChI is InChI=1S/C36H30ClN3O12/c1-14-9-18-23(29(41)36(14)30(42)25-21(47-3)13-22(48-4)27(37)28(25)52-36)24(26-31(38-18)40(2)35(46)39-32(26)43)20-8-7-19(51-20)15-10-16(33(44)49-5)12-17(11-15)34(45)50-6/h7-8,10-14,24,38H,9H2,1-6H3,(H,39,43,46). The zero-order valence-corrected chi connectivity index (χ0v) is 29.3. The Labute approximate surface area is 299 Å². The molecule has 3 aliphatic rings. The number of nitrogens with zero attached hydrogens (tertiary/aromatic N) is 1. The van der Waals surface area contributed by atoms with Crippen LogP contribution < -0.4 is 30.8 Å². The number of nitrogens with one attached hydrogen (secondary N) is 2. The van der Waals surface area contributed by atoms with Crippen molar-refractivity contribution in [3.8, 4) is 28.6 Å². The van der Waals surface area contributed by atoms with E-state index in [2.05, 4.69) is 10.3 Å². The minimum Gasteiger partial charge on any atom is -0.496 e. The van der Waals surface area contributed by atoms with Crippen LogP contribution in [-0.4, -0.2) is 67.1 Å². The SMILES string of the molecule is COC(=O)c1cc(C(=O)OC)cc(-c2ccc(C3C4=C(CC(C)C5(Oc6c(Cl)c(OC)cc(OC)c6C5=O)C4=O)Nc4c3c(=O)[nH]c(=O)n4C)o2)c1. The Hall–Kier alpha value is -6.09. The molecule has 0 saturated heterocycles. The number of hydrogen-bond acceptors (Lipinski definition) is 13. The minimum atomic E-state index is -2.13. The molecular weight excluding hydrogens is 702 g/mol. The number of benzene rings is 2. The summed E-state index contributed by atoms with van der Waals surface area (Å²) in [6.45, 7) is 1.67. The van der Waals surface area contributed by atoms with Crippen LogP contribution in [0.25, 0.3) is 11.3 Å². The number of rotatable bonds is 6. The first-order valence-electron chi connectivity index (χ1n) is 15.8. The van der Waals surface area contributed by atoms with E-state index in [1.54, 1.807) is 6.92 Å². The van der Waals surface area contributed by atoms with Crippen molar-refractivity contribution in [1.29, 1.82) is 0 Å². The van der Waals surface area contributed by atoms with Gasteiger partial charge in [0.05, 0.1) is 51.0 Å². The van der Waals surface area contributed by atoms with Crippen LogP contribution in [0.1, 0.15) is 61.7 Å². The highest BCUT2D eigenvalue weighted by atomic mass is 35.5. The van der Waals surface area contributed by atoms with Gasteiger partial charge in [-0.15, -0.1) is 0 Å². The fourth-order valence-corrected chi connectivity index (χ4v) is 7.42. The van der Waals surface area contributed by atoms with Crippen LogP contribution in [0.5, 0.6) is 17.2 Å². The summed E-state index contributed by atoms with van der Waals surface area (Å²) in [6, 6.07) is 8.65. The summed E-state index contributed by atoms with van der Waals surface area (Å²) in [6.07, 6.45) is 0.0615. The Morgan fingerprint density at radius 1 is 0.923 bits per heavy atom. The lowest BCUT2D eigenvalue weighted by molar-refractivity contribution is -0.130. The molecule has 2 aromatic heterocycles. The van der Waals surface area contributed by atoms with Crippen molar-refractivity contribution in [3.05, 3.63) is 102 Å². The number of carbonyl (C=O) groups excluding carboxylic acids is 4. The summed E-state index contributed by atoms with van der Waals surface area (Å²) in [7, 11) is 6.56. The quantitative estimate of drug-likeness (QED) is 0.214. The van der Waals surface area contributed by atoms with Crippen molar-refractivity contribution in [3.63, 3.8) is 0 Å². The lowest BCUT2D eigenvalue weighted by Crippen LogP contribution is -2.58. The fraction of sp³-hybridized carbons (Fsp3) is 0.278. The van der Waals surface area contributed by atoms with Crippen molar-refractivity contribution in [2.24, 2.45) is 13.0 Å². The number of Topliss-reactive ketones (excluding diaryl/α,β-unsaturated/α-hetero) is 2. The van der Waals surface area contributed by atoms with Crippen molar-refractivity contribution in [2.75, 3.05) is 33.8 Å². The van der Waals surface area contributed by atoms with E-state index in [1.165, 1.54) is 76.5 Å². The van der Waals surface area contributed by atoms with E-state index in [9.17, 15) is 24.0 Å². The monoisotopic (exact) mass is 731 g/mol. The number of ketones is 2. The van der Waals surface area contributed by atoms with E-state index in [-0.39, 0.29) is 79.4 Å². The van der Waals surface area contributed by atoms with Gasteiger partial charge < -0.3 is 33.4 Å². The Bertz CT molecular complexity index is 2390. The van der Waals surface area contributed by atoms with Gasteiger partial charge in [0.2, 0.25) is 17.2 Å². The summed E-state index contributed by atoms with van der Waals surface area (Å²) >= 11 is 6.63. The number of methoxy groups -OCH3 is 4. The summed E-state index contributed by atoms with van der Waals surface area (Å²) < 4.78 is 34.5. The van der Waals surface area contributed by atoms with Crippen LogP contribution in [0, 0.1) is 5.92 Å². The molecule has 52 heavy (non-hydrogen) atoms. The normalized spacial score (nSPS) is 20.1. The third-order valence-electron chi connectivity index (χ3n) is 9.71. The molecule has 0 fully saturated rings. The smallest absolute Gasteiger partial charge is 0.337 e. The summed E-state index contributed by atoms with van der Waals surface area (Å²) in [5.41, 5.74) is -3.07. The van der Waals surface area contributed by atoms with Crippen LogP contribution >= 0.6 is 11.6 Å². The molecule has 2 aliphatic heterocycles. The summed E-state index contributed by atoms with van der Waals surface area (Å²) in [5.74, 6) is -4.49. The van der Waals surface area contributed by atoms with Gasteiger partial charge in [-0.25, -0.2) is 14.4 Å². The van der Waals surface area contributed by atoms with Gasteiger partial charge in [-0.05, 0) is 36.8 Å². The van der Waals surface area contributed by atoms with Gasteiger partial charge in [-0.2, -0.15) is 0 Å². The van der Waals surface area contributed by atoms with E-state index >= 15 is 4.79 Å². The number of anilines is 1. The molecule has 15 nitrogen and oxygen atoms in total. The fourth-order valence-electron chi connectivity index (χ4n) is 7.15. The number of ether oxygens (including phenoxy) is 5. The van der Waals surface area contributed by atoms with Gasteiger partial charge in [-0.3, -0.25) is 23.9 Å². The Morgan fingerprint density at radius 2 is 1.58 bits per heavy atom. The molecule has 4 heterocycles. The maximum atomic E-state index is 15.1. The topological polar surface area (TPSA) is 194 Å². The number of hydrogen-bond donors (Lipinski definition) is 2. The molecule has 0 saturated carbocycles. The van der Waals surface area contributed by atoms with E-state index in [4.69, 9.17) is 39.7 Å². The zero-order valence-electron chi connectivity index (χ0n) is 28.6. The number of halogens is 1. The van der Waals surface area contributed by atoms with Crippen molar-refractivity contribution in [1.82, 2.24) is 9.55 Å². The molecule has 3 atom stereocenters. The Kier molecular flexibility index (Phi) is 8.13. The molecule has 1 spiro atoms. The predicted molar refractivity (Wildman–Crippen MR) is 183 cm³/mol. The maximum Gasteiger partial charge on any atom is 0.337 e. The average Bonchev–Trinajstić information content (AvgIpc) is 3.76. The molecule has 7 rings (SSSR count). The number of allylic oxidation sites excluding steroid dienone is 1. The van der Waals surface area contributed by atoms with Crippen LogP contribution in [0.4, 0.5) is 5.82 Å². The van der Waals surface area contributed by atoms with E-state index in [0.717, 1.165) is 0 Å². The molecule has 0 amide bonds. The molecule has 2 N–H and O–H groups in total. The number of furan rings is 1. The molecule has 0 bridgehead atoms. The average molecular weight is 732 g/mol. The number of esters is 2. The summed E-state index contributed by atoms with van der Waals surface area (Å²) in [4.78, 5) is 83.3. The highest BCUT2D eigenvalue weighted by Gasteiger charge is 2.64. The zero-order chi connectivity index (χ0) is 37.4. The Balaban J connectivity index is 1.42. The molecule has 268 valence electrons. The number of carbonyl (C=O) groups is 4. The first kappa shape index (κ1) is 34.4. The molecule has 4 aromatic rings. The third-order valence-corrected chi connectivity index (χ3v) is 10.1. The second-order valence-electron chi connectivity index (χ2n) is 12.4. The van der Waals surface area contributed by atoms with Gasteiger partial charge in [-0.1, -0.05) is 18.5 Å². The highest BCUT2D eigenvalue weighted by Crippen LogP contribution is 2.56. The molecule has 2 aromatic carbocycles. The molecule has 1 aliphatic carbocycles. The lowest BCUT2D eigenvalue weighted by atomic mass is 9.66. The van der Waals surface area contributed by atoms with Crippen LogP contribution in [0.3, 0.4) is 0 Å². The predicted octanol–water partition coefficient (Wildman–Crippen LogP) is 4.01. The first-order valence-corrected chi connectivity index (χ1v) is 16.2. The molecule has 16 heteroatoms. The first-order chi connectivity index (χ1) is 24.8. The second kappa shape index (κ2) is 12.3. The largest absolute Gasteiger partial charge is 0.496 e. The van der Waals surface area contributed by atoms with Crippen molar-refractivity contribution >= 4 is 40.9 Å². The van der Waals surface area contributed by atoms with E-state index in [1.807, 2.05) is 0 Å². The number of H-pyrrole nitrogens is 1. The highest BCUT2D eigenvalue weighted by molar-refractivity contribution is 6.36. The van der Waals surface area contributed by atoms with Crippen molar-refractivity contribution in [2.45, 2.75) is 24.9 Å². The molecular formula is C36H30ClN3O12. The second-order valence-corrected chi connectivity index (χ2v) is 12.8. The van der Waals surface area contributed by atoms with Crippen molar-refractivity contribution < 1.29 is 47.3 Å². The van der Waals surface area contributed by atoms with Gasteiger partial charge in [0.1, 0.15) is 39.4 Å². The molecule has 3 unspecified atom stereocenters. The molecule has 0 radical (unpaired) electrons. The van der Waals surface area contributed by atoms with Gasteiger partial charge in [0, 0.05) is 35.9 Å². The van der Waals surface area contributed by atoms with E-state index < -0.39 is 52.2 Å². The van der Waals surface area contributed by atoms with Gasteiger partial charge in [0.25, 0.3) is 5.56 Å². The van der Waals surface area contributed by atoms with Gasteiger partial charge >= 0.3 is 17.6 Å². The maximum absolute atomic E-state index is 15.1. The van der Waals surface area contributed by atoms with E-state index in [0.29, 0.717) is 5.70 Å². The lowest BCUT2D eigenvalue weighted by Gasteiger charge is -2.42. The number of aromatic amines is 1. The van der Waals surface area contributed by atoms with Crippen LogP contribution in [0.2, 0.25) is 5.02 Å². The number of aromatic nitrogens is 2. The van der Waals surface area contributed by atoms with Crippen LogP contribution in [-0.2, 0) is 21.3 Å². The van der Waals surface area contributed by atoms with Crippen LogP contribution in [0.15, 0.2) is 61.7 Å². The minimum absolute atomic E-state index is 0.0163. The Morgan fingerprint density at radius 3 is 2.19 bits per heavy atom.